The Kier molecular flexibility index (Phi) is 5.19. The average Bonchev–Trinajstić information content (AvgIpc) is 3.03. The third kappa shape index (κ3) is 3.83. The highest BCUT2D eigenvalue weighted by Crippen LogP contribution is 2.26. The number of ether oxygens (including phenoxy) is 1. The zero-order valence-corrected chi connectivity index (χ0v) is 12.8. The summed E-state index contributed by atoms with van der Waals surface area (Å²) in [4.78, 5) is 18.5. The van der Waals surface area contributed by atoms with Crippen molar-refractivity contribution in [2.24, 2.45) is 0 Å². The minimum absolute atomic E-state index is 0.178. The van der Waals surface area contributed by atoms with Gasteiger partial charge in [0.15, 0.2) is 5.13 Å². The average molecular weight is 298 g/mol. The molecule has 0 aliphatic heterocycles. The molecule has 3 N–H and O–H groups in total. The smallest absolute Gasteiger partial charge is 0.265 e. The molecule has 1 saturated carbocycles. The van der Waals surface area contributed by atoms with E-state index in [1.54, 1.807) is 0 Å². The molecule has 1 aliphatic rings. The molecule has 0 saturated heterocycles. The van der Waals surface area contributed by atoms with Gasteiger partial charge >= 0.3 is 0 Å². The van der Waals surface area contributed by atoms with Crippen molar-refractivity contribution in [2.75, 3.05) is 37.9 Å². The molecule has 0 spiro atoms. The van der Waals surface area contributed by atoms with Gasteiger partial charge in [-0.15, -0.1) is 0 Å². The first-order valence-corrected chi connectivity index (χ1v) is 7.73. The zero-order chi connectivity index (χ0) is 14.5. The number of hydrogen-bond acceptors (Lipinski definition) is 6. The van der Waals surface area contributed by atoms with Gasteiger partial charge in [0.1, 0.15) is 10.7 Å². The topological polar surface area (TPSA) is 80.5 Å². The van der Waals surface area contributed by atoms with Gasteiger partial charge in [0, 0.05) is 20.6 Å². The van der Waals surface area contributed by atoms with Gasteiger partial charge in [-0.3, -0.25) is 4.79 Å². The van der Waals surface area contributed by atoms with Crippen molar-refractivity contribution in [1.82, 2.24) is 10.3 Å². The van der Waals surface area contributed by atoms with Gasteiger partial charge < -0.3 is 20.7 Å². The number of aromatic nitrogens is 1. The molecule has 0 aromatic carbocycles. The highest BCUT2D eigenvalue weighted by molar-refractivity contribution is 7.18. The molecule has 1 amide bonds. The second-order valence-electron chi connectivity index (χ2n) is 5.14. The lowest BCUT2D eigenvalue weighted by molar-refractivity contribution is 0.0582. The number of carbonyl (C=O) groups excluding carboxylic acids is 1. The Morgan fingerprint density at radius 3 is 2.80 bits per heavy atom. The highest BCUT2D eigenvalue weighted by Gasteiger charge is 2.18. The Bertz CT molecular complexity index is 455. The lowest BCUT2D eigenvalue weighted by atomic mass is 10.3. The number of amides is 1. The third-order valence-corrected chi connectivity index (χ3v) is 4.51. The first-order valence-electron chi connectivity index (χ1n) is 6.91. The predicted molar refractivity (Wildman–Crippen MR) is 81.4 cm³/mol. The first kappa shape index (κ1) is 15.1. The maximum absolute atomic E-state index is 12.0. The van der Waals surface area contributed by atoms with Crippen LogP contribution in [0.3, 0.4) is 0 Å². The van der Waals surface area contributed by atoms with Crippen LogP contribution in [0.25, 0.3) is 0 Å². The number of nitrogens with one attached hydrogen (secondary N) is 1. The number of nitrogens with two attached hydrogens (primary N) is 1. The summed E-state index contributed by atoms with van der Waals surface area (Å²) < 4.78 is 5.70. The Hall–Kier alpha value is -1.34. The van der Waals surface area contributed by atoms with Crippen molar-refractivity contribution in [3.63, 3.8) is 0 Å². The number of rotatable bonds is 6. The van der Waals surface area contributed by atoms with E-state index < -0.39 is 0 Å². The molecule has 1 heterocycles. The Labute approximate surface area is 123 Å². The van der Waals surface area contributed by atoms with Crippen LogP contribution in [0.4, 0.5) is 10.9 Å². The summed E-state index contributed by atoms with van der Waals surface area (Å²) in [6, 6.07) is 0. The molecule has 0 radical (unpaired) electrons. The quantitative estimate of drug-likeness (QED) is 0.778. The van der Waals surface area contributed by atoms with Crippen molar-refractivity contribution >= 4 is 28.2 Å². The normalized spacial score (nSPS) is 15.5. The zero-order valence-electron chi connectivity index (χ0n) is 12.0. The van der Waals surface area contributed by atoms with E-state index >= 15 is 0 Å². The SMILES string of the molecule is CN(C)c1nc(N)c(C(=O)NCCOC2CCCC2)s1. The second-order valence-corrected chi connectivity index (χ2v) is 6.12. The fourth-order valence-corrected chi connectivity index (χ4v) is 3.02. The Morgan fingerprint density at radius 1 is 1.50 bits per heavy atom. The van der Waals surface area contributed by atoms with Crippen LogP contribution >= 0.6 is 11.3 Å². The fourth-order valence-electron chi connectivity index (χ4n) is 2.20. The van der Waals surface area contributed by atoms with E-state index in [1.807, 2.05) is 19.0 Å². The summed E-state index contributed by atoms with van der Waals surface area (Å²) in [7, 11) is 3.74. The van der Waals surface area contributed by atoms with Crippen LogP contribution in [-0.2, 0) is 4.74 Å². The number of nitrogen functional groups attached to an aromatic ring is 1. The third-order valence-electron chi connectivity index (χ3n) is 3.27. The minimum atomic E-state index is -0.178. The first-order chi connectivity index (χ1) is 9.58. The molecular formula is C13H22N4O2S. The maximum Gasteiger partial charge on any atom is 0.265 e. The van der Waals surface area contributed by atoms with E-state index in [0.29, 0.717) is 24.1 Å². The summed E-state index contributed by atoms with van der Waals surface area (Å²) in [5.41, 5.74) is 5.76. The number of thiazole rings is 1. The van der Waals surface area contributed by atoms with Crippen molar-refractivity contribution in [1.29, 1.82) is 0 Å². The van der Waals surface area contributed by atoms with Crippen LogP contribution in [0.2, 0.25) is 0 Å². The van der Waals surface area contributed by atoms with E-state index in [-0.39, 0.29) is 11.7 Å². The maximum atomic E-state index is 12.0. The van der Waals surface area contributed by atoms with Gasteiger partial charge in [-0.05, 0) is 12.8 Å². The molecule has 6 nitrogen and oxygen atoms in total. The summed E-state index contributed by atoms with van der Waals surface area (Å²) in [5, 5.41) is 3.56. The summed E-state index contributed by atoms with van der Waals surface area (Å²) >= 11 is 1.30. The standard InChI is InChI=1S/C13H22N4O2S/c1-17(2)13-16-11(14)10(20-13)12(18)15-7-8-19-9-5-3-4-6-9/h9H,3-8,14H2,1-2H3,(H,15,18). The number of carbonyl (C=O) groups is 1. The van der Waals surface area contributed by atoms with Crippen LogP contribution in [0, 0.1) is 0 Å². The van der Waals surface area contributed by atoms with Crippen molar-refractivity contribution < 1.29 is 9.53 Å². The molecular weight excluding hydrogens is 276 g/mol. The van der Waals surface area contributed by atoms with Crippen LogP contribution in [0.15, 0.2) is 0 Å². The van der Waals surface area contributed by atoms with Crippen LogP contribution in [0.1, 0.15) is 35.4 Å². The van der Waals surface area contributed by atoms with E-state index in [2.05, 4.69) is 10.3 Å². The molecule has 7 heteroatoms. The van der Waals surface area contributed by atoms with Gasteiger partial charge in [0.05, 0.1) is 12.7 Å². The van der Waals surface area contributed by atoms with Crippen LogP contribution in [-0.4, -0.2) is 44.2 Å². The number of anilines is 2. The molecule has 0 bridgehead atoms. The van der Waals surface area contributed by atoms with Crippen molar-refractivity contribution in [2.45, 2.75) is 31.8 Å². The monoisotopic (exact) mass is 298 g/mol. The largest absolute Gasteiger partial charge is 0.382 e. The number of nitrogens with zero attached hydrogens (tertiary/aromatic N) is 2. The molecule has 0 unspecified atom stereocenters. The molecule has 1 aromatic heterocycles. The predicted octanol–water partition coefficient (Wildman–Crippen LogP) is 1.48. The van der Waals surface area contributed by atoms with E-state index in [9.17, 15) is 4.79 Å². The van der Waals surface area contributed by atoms with Crippen molar-refractivity contribution in [3.8, 4) is 0 Å². The van der Waals surface area contributed by atoms with Gasteiger partial charge in [-0.1, -0.05) is 24.2 Å². The molecule has 1 aromatic rings. The lowest BCUT2D eigenvalue weighted by Gasteiger charge is -2.11. The summed E-state index contributed by atoms with van der Waals surface area (Å²) in [6.07, 6.45) is 5.16. The van der Waals surface area contributed by atoms with Gasteiger partial charge in [0.2, 0.25) is 0 Å². The van der Waals surface area contributed by atoms with Gasteiger partial charge in [-0.25, -0.2) is 4.98 Å². The van der Waals surface area contributed by atoms with Gasteiger partial charge in [0.25, 0.3) is 5.91 Å². The summed E-state index contributed by atoms with van der Waals surface area (Å²) in [5.74, 6) is 0.107. The van der Waals surface area contributed by atoms with Crippen LogP contribution in [0.5, 0.6) is 0 Å². The Morgan fingerprint density at radius 2 is 2.20 bits per heavy atom. The molecule has 1 fully saturated rings. The fraction of sp³-hybridized carbons (Fsp3) is 0.692. The van der Waals surface area contributed by atoms with E-state index in [4.69, 9.17) is 10.5 Å². The number of hydrogen-bond donors (Lipinski definition) is 2. The second kappa shape index (κ2) is 6.90. The van der Waals surface area contributed by atoms with Crippen LogP contribution < -0.4 is 16.0 Å². The van der Waals surface area contributed by atoms with E-state index in [0.717, 1.165) is 18.0 Å². The molecule has 1 aliphatic carbocycles. The van der Waals surface area contributed by atoms with E-state index in [1.165, 1.54) is 24.2 Å². The molecule has 0 atom stereocenters. The molecule has 2 rings (SSSR count). The Balaban J connectivity index is 1.76. The van der Waals surface area contributed by atoms with Crippen molar-refractivity contribution in [3.05, 3.63) is 4.88 Å². The molecule has 20 heavy (non-hydrogen) atoms. The minimum Gasteiger partial charge on any atom is -0.382 e. The highest BCUT2D eigenvalue weighted by atomic mass is 32.1. The lowest BCUT2D eigenvalue weighted by Crippen LogP contribution is -2.28. The summed E-state index contributed by atoms with van der Waals surface area (Å²) in [6.45, 7) is 1.06. The molecule has 112 valence electrons. The van der Waals surface area contributed by atoms with Gasteiger partial charge in [-0.2, -0.15) is 0 Å².